The number of thioether (sulfide) groups is 1. The molecule has 1 amide bonds. The molecule has 8 heteroatoms. The lowest BCUT2D eigenvalue weighted by molar-refractivity contribution is -0.127. The Morgan fingerprint density at radius 3 is 2.77 bits per heavy atom. The van der Waals surface area contributed by atoms with E-state index in [1.807, 2.05) is 49.4 Å². The van der Waals surface area contributed by atoms with Gasteiger partial charge in [0, 0.05) is 25.5 Å². The van der Waals surface area contributed by atoms with Crippen LogP contribution in [0.2, 0.25) is 0 Å². The van der Waals surface area contributed by atoms with Gasteiger partial charge in [0.25, 0.3) is 0 Å². The highest BCUT2D eigenvalue weighted by atomic mass is 32.2. The first-order chi connectivity index (χ1) is 14.6. The summed E-state index contributed by atoms with van der Waals surface area (Å²) < 4.78 is 11.2. The standard InChI is InChI=1S/C22H24N4O3S/c1-3-23-21-16-6-4-5-7-17(16)24-22(25-21)30-14-20(27)26(2)13-15-8-9-18-19(12-15)29-11-10-28-18/h4-9,12H,3,10-11,13-14H2,1-2H3,(H,23,24,25). The summed E-state index contributed by atoms with van der Waals surface area (Å²) in [7, 11) is 1.80. The second-order valence-corrected chi connectivity index (χ2v) is 7.86. The average Bonchev–Trinajstić information content (AvgIpc) is 2.77. The van der Waals surface area contributed by atoms with E-state index in [0.717, 1.165) is 40.3 Å². The van der Waals surface area contributed by atoms with E-state index >= 15 is 0 Å². The SMILES string of the molecule is CCNc1nc(SCC(=O)N(C)Cc2ccc3c(c2)OCCO3)nc2ccccc12. The van der Waals surface area contributed by atoms with Crippen molar-refractivity contribution in [1.82, 2.24) is 14.9 Å². The van der Waals surface area contributed by atoms with Gasteiger partial charge in [0.15, 0.2) is 16.7 Å². The van der Waals surface area contributed by atoms with Crippen molar-refractivity contribution in [2.24, 2.45) is 0 Å². The smallest absolute Gasteiger partial charge is 0.233 e. The third kappa shape index (κ3) is 4.59. The molecule has 0 radical (unpaired) electrons. The van der Waals surface area contributed by atoms with Crippen LogP contribution < -0.4 is 14.8 Å². The first-order valence-electron chi connectivity index (χ1n) is 9.90. The molecule has 0 spiro atoms. The first-order valence-corrected chi connectivity index (χ1v) is 10.9. The number of hydrogen-bond acceptors (Lipinski definition) is 7. The van der Waals surface area contributed by atoms with E-state index in [2.05, 4.69) is 15.3 Å². The van der Waals surface area contributed by atoms with E-state index < -0.39 is 0 Å². The van der Waals surface area contributed by atoms with Crippen LogP contribution in [0.4, 0.5) is 5.82 Å². The van der Waals surface area contributed by atoms with Crippen LogP contribution in [0.15, 0.2) is 47.6 Å². The summed E-state index contributed by atoms with van der Waals surface area (Å²) in [5, 5.41) is 4.84. The number of rotatable bonds is 7. The Morgan fingerprint density at radius 1 is 1.13 bits per heavy atom. The van der Waals surface area contributed by atoms with Crippen LogP contribution in [0.25, 0.3) is 10.9 Å². The van der Waals surface area contributed by atoms with Gasteiger partial charge in [-0.05, 0) is 36.8 Å². The maximum absolute atomic E-state index is 12.7. The molecular formula is C22H24N4O3S. The predicted molar refractivity (Wildman–Crippen MR) is 118 cm³/mol. The summed E-state index contributed by atoms with van der Waals surface area (Å²) in [5.74, 6) is 2.55. The highest BCUT2D eigenvalue weighted by Crippen LogP contribution is 2.31. The maximum atomic E-state index is 12.7. The monoisotopic (exact) mass is 424 g/mol. The van der Waals surface area contributed by atoms with Crippen molar-refractivity contribution in [1.29, 1.82) is 0 Å². The van der Waals surface area contributed by atoms with Crippen molar-refractivity contribution < 1.29 is 14.3 Å². The van der Waals surface area contributed by atoms with Crippen LogP contribution in [0.3, 0.4) is 0 Å². The Labute approximate surface area is 179 Å². The molecule has 1 aliphatic heterocycles. The van der Waals surface area contributed by atoms with Gasteiger partial charge in [-0.15, -0.1) is 0 Å². The van der Waals surface area contributed by atoms with Crippen LogP contribution in [0.5, 0.6) is 11.5 Å². The van der Waals surface area contributed by atoms with Crippen molar-refractivity contribution in [3.8, 4) is 11.5 Å². The zero-order chi connectivity index (χ0) is 20.9. The molecule has 0 saturated carbocycles. The quantitative estimate of drug-likeness (QED) is 0.459. The number of anilines is 1. The van der Waals surface area contributed by atoms with Crippen molar-refractivity contribution >= 4 is 34.4 Å². The van der Waals surface area contributed by atoms with E-state index in [0.29, 0.717) is 24.9 Å². The largest absolute Gasteiger partial charge is 0.486 e. The minimum Gasteiger partial charge on any atom is -0.486 e. The lowest BCUT2D eigenvalue weighted by atomic mass is 10.2. The van der Waals surface area contributed by atoms with Crippen LogP contribution >= 0.6 is 11.8 Å². The molecule has 2 heterocycles. The normalized spacial score (nSPS) is 12.6. The fourth-order valence-corrected chi connectivity index (χ4v) is 4.00. The highest BCUT2D eigenvalue weighted by Gasteiger charge is 2.16. The Hall–Kier alpha value is -3.00. The molecule has 30 heavy (non-hydrogen) atoms. The maximum Gasteiger partial charge on any atom is 0.233 e. The molecule has 0 atom stereocenters. The number of nitrogens with zero attached hydrogens (tertiary/aromatic N) is 3. The third-order valence-corrected chi connectivity index (χ3v) is 5.54. The van der Waals surface area contributed by atoms with Crippen molar-refractivity contribution in [3.63, 3.8) is 0 Å². The van der Waals surface area contributed by atoms with E-state index in [9.17, 15) is 4.79 Å². The van der Waals surface area contributed by atoms with Gasteiger partial charge in [-0.3, -0.25) is 4.79 Å². The van der Waals surface area contributed by atoms with Gasteiger partial charge in [-0.2, -0.15) is 0 Å². The molecule has 156 valence electrons. The van der Waals surface area contributed by atoms with Gasteiger partial charge in [0.2, 0.25) is 5.91 Å². The summed E-state index contributed by atoms with van der Waals surface area (Å²) in [5.41, 5.74) is 1.86. The summed E-state index contributed by atoms with van der Waals surface area (Å²) in [4.78, 5) is 23.5. The number of hydrogen-bond donors (Lipinski definition) is 1. The predicted octanol–water partition coefficient (Wildman–Crippen LogP) is 3.58. The van der Waals surface area contributed by atoms with E-state index in [4.69, 9.17) is 9.47 Å². The molecule has 4 rings (SSSR count). The number of carbonyl (C=O) groups excluding carboxylic acids is 1. The summed E-state index contributed by atoms with van der Waals surface area (Å²) in [6.45, 7) is 4.40. The van der Waals surface area contributed by atoms with Crippen molar-refractivity contribution in [3.05, 3.63) is 48.0 Å². The van der Waals surface area contributed by atoms with Gasteiger partial charge >= 0.3 is 0 Å². The van der Waals surface area contributed by atoms with Crippen LogP contribution in [0, 0.1) is 0 Å². The van der Waals surface area contributed by atoms with Gasteiger partial charge in [0.1, 0.15) is 19.0 Å². The van der Waals surface area contributed by atoms with Crippen molar-refractivity contribution in [2.75, 3.05) is 37.9 Å². The third-order valence-electron chi connectivity index (χ3n) is 4.70. The molecule has 0 fully saturated rings. The first kappa shape index (κ1) is 20.3. The van der Waals surface area contributed by atoms with Crippen LogP contribution in [0.1, 0.15) is 12.5 Å². The number of fused-ring (bicyclic) bond motifs is 2. The number of para-hydroxylation sites is 1. The summed E-state index contributed by atoms with van der Waals surface area (Å²) in [6, 6.07) is 13.6. The number of amides is 1. The lowest BCUT2D eigenvalue weighted by Crippen LogP contribution is -2.28. The number of ether oxygens (including phenoxy) is 2. The average molecular weight is 425 g/mol. The van der Waals surface area contributed by atoms with Gasteiger partial charge < -0.3 is 19.7 Å². The van der Waals surface area contributed by atoms with E-state index in [-0.39, 0.29) is 11.7 Å². The minimum atomic E-state index is 0.0108. The Bertz CT molecular complexity index is 1060. The number of benzene rings is 2. The van der Waals surface area contributed by atoms with Gasteiger partial charge in [-0.25, -0.2) is 9.97 Å². The minimum absolute atomic E-state index is 0.0108. The molecule has 7 nitrogen and oxygen atoms in total. The molecule has 0 aliphatic carbocycles. The van der Waals surface area contributed by atoms with Gasteiger partial charge in [-0.1, -0.05) is 30.0 Å². The van der Waals surface area contributed by atoms with Crippen LogP contribution in [-0.4, -0.2) is 53.3 Å². The van der Waals surface area contributed by atoms with Crippen LogP contribution in [-0.2, 0) is 11.3 Å². The zero-order valence-electron chi connectivity index (χ0n) is 17.1. The molecule has 1 aliphatic rings. The summed E-state index contributed by atoms with van der Waals surface area (Å²) in [6.07, 6.45) is 0. The molecule has 0 bridgehead atoms. The second-order valence-electron chi connectivity index (χ2n) is 6.92. The fourth-order valence-electron chi connectivity index (χ4n) is 3.21. The molecule has 1 N–H and O–H groups in total. The number of aromatic nitrogens is 2. The molecule has 2 aromatic carbocycles. The topological polar surface area (TPSA) is 76.6 Å². The number of carbonyl (C=O) groups is 1. The lowest BCUT2D eigenvalue weighted by Gasteiger charge is -2.21. The highest BCUT2D eigenvalue weighted by molar-refractivity contribution is 7.99. The zero-order valence-corrected chi connectivity index (χ0v) is 17.9. The molecule has 0 saturated heterocycles. The molecule has 3 aromatic rings. The Balaban J connectivity index is 1.40. The second kappa shape index (κ2) is 9.21. The van der Waals surface area contributed by atoms with E-state index in [1.54, 1.807) is 11.9 Å². The Morgan fingerprint density at radius 2 is 1.93 bits per heavy atom. The molecular weight excluding hydrogens is 400 g/mol. The molecule has 0 unspecified atom stereocenters. The molecule has 1 aromatic heterocycles. The van der Waals surface area contributed by atoms with Crippen molar-refractivity contribution in [2.45, 2.75) is 18.6 Å². The summed E-state index contributed by atoms with van der Waals surface area (Å²) >= 11 is 1.35. The van der Waals surface area contributed by atoms with Gasteiger partial charge in [0.05, 0.1) is 11.3 Å². The number of nitrogens with one attached hydrogen (secondary N) is 1. The Kier molecular flexibility index (Phi) is 6.23. The van der Waals surface area contributed by atoms with E-state index in [1.165, 1.54) is 11.8 Å². The fraction of sp³-hybridized carbons (Fsp3) is 0.318.